The van der Waals surface area contributed by atoms with E-state index in [-0.39, 0.29) is 5.91 Å². The standard InChI is InChI=1S/C14H15N3O/c15-8-1-2-9-17-14(18)12-5-3-7-13-11(12)6-4-10-16-13/h1-7,10H,8-9,15H2,(H,17,18)/b2-1+. The lowest BCUT2D eigenvalue weighted by Crippen LogP contribution is -2.23. The Labute approximate surface area is 106 Å². The molecule has 2 aromatic rings. The van der Waals surface area contributed by atoms with E-state index in [2.05, 4.69) is 10.3 Å². The van der Waals surface area contributed by atoms with Crippen LogP contribution in [0.25, 0.3) is 10.9 Å². The summed E-state index contributed by atoms with van der Waals surface area (Å²) >= 11 is 0. The zero-order chi connectivity index (χ0) is 12.8. The first-order chi connectivity index (χ1) is 8.83. The van der Waals surface area contributed by atoms with E-state index in [1.807, 2.05) is 36.4 Å². The van der Waals surface area contributed by atoms with Crippen LogP contribution in [0.15, 0.2) is 48.7 Å². The molecule has 0 aliphatic carbocycles. The fourth-order valence-electron chi connectivity index (χ4n) is 1.73. The molecule has 0 bridgehead atoms. The molecule has 0 radical (unpaired) electrons. The molecule has 0 unspecified atom stereocenters. The number of hydrogen-bond acceptors (Lipinski definition) is 3. The van der Waals surface area contributed by atoms with Crippen LogP contribution in [0.5, 0.6) is 0 Å². The van der Waals surface area contributed by atoms with Gasteiger partial charge in [-0.15, -0.1) is 0 Å². The van der Waals surface area contributed by atoms with Crippen LogP contribution in [0, 0.1) is 0 Å². The number of benzene rings is 1. The molecule has 92 valence electrons. The number of carbonyl (C=O) groups excluding carboxylic acids is 1. The number of aromatic nitrogens is 1. The van der Waals surface area contributed by atoms with Gasteiger partial charge in [0.15, 0.2) is 0 Å². The summed E-state index contributed by atoms with van der Waals surface area (Å²) < 4.78 is 0. The summed E-state index contributed by atoms with van der Waals surface area (Å²) in [5.74, 6) is -0.102. The van der Waals surface area contributed by atoms with Gasteiger partial charge in [-0.05, 0) is 18.2 Å². The van der Waals surface area contributed by atoms with Gasteiger partial charge in [-0.3, -0.25) is 9.78 Å². The monoisotopic (exact) mass is 241 g/mol. The Hall–Kier alpha value is -2.20. The minimum Gasteiger partial charge on any atom is -0.349 e. The molecule has 0 spiro atoms. The van der Waals surface area contributed by atoms with Crippen molar-refractivity contribution in [3.8, 4) is 0 Å². The highest BCUT2D eigenvalue weighted by atomic mass is 16.1. The summed E-state index contributed by atoms with van der Waals surface area (Å²) in [6.45, 7) is 0.959. The zero-order valence-corrected chi connectivity index (χ0v) is 9.97. The molecule has 1 amide bonds. The molecule has 0 aliphatic heterocycles. The molecule has 0 saturated heterocycles. The maximum atomic E-state index is 12.0. The lowest BCUT2D eigenvalue weighted by atomic mass is 10.1. The predicted octanol–water partition coefficient (Wildman–Crippen LogP) is 1.48. The molecule has 4 heteroatoms. The van der Waals surface area contributed by atoms with E-state index in [1.165, 1.54) is 0 Å². The van der Waals surface area contributed by atoms with Gasteiger partial charge < -0.3 is 11.1 Å². The number of rotatable bonds is 4. The number of nitrogens with zero attached hydrogens (tertiary/aromatic N) is 1. The summed E-state index contributed by atoms with van der Waals surface area (Å²) in [6.07, 6.45) is 5.36. The number of hydrogen-bond donors (Lipinski definition) is 2. The molecule has 0 saturated carbocycles. The molecule has 1 aromatic carbocycles. The second kappa shape index (κ2) is 5.93. The Kier molecular flexibility index (Phi) is 4.04. The Morgan fingerprint density at radius 1 is 1.28 bits per heavy atom. The topological polar surface area (TPSA) is 68.0 Å². The van der Waals surface area contributed by atoms with E-state index < -0.39 is 0 Å². The second-order valence-corrected chi connectivity index (χ2v) is 3.79. The molecular weight excluding hydrogens is 226 g/mol. The van der Waals surface area contributed by atoms with E-state index >= 15 is 0 Å². The molecule has 0 fully saturated rings. The van der Waals surface area contributed by atoms with Crippen LogP contribution in [0.1, 0.15) is 10.4 Å². The summed E-state index contributed by atoms with van der Waals surface area (Å²) in [7, 11) is 0. The van der Waals surface area contributed by atoms with Crippen molar-refractivity contribution in [1.82, 2.24) is 10.3 Å². The van der Waals surface area contributed by atoms with Crippen LogP contribution in [0.3, 0.4) is 0 Å². The van der Waals surface area contributed by atoms with Gasteiger partial charge in [-0.1, -0.05) is 24.3 Å². The van der Waals surface area contributed by atoms with Crippen molar-refractivity contribution >= 4 is 16.8 Å². The number of carbonyl (C=O) groups is 1. The van der Waals surface area contributed by atoms with Crippen molar-refractivity contribution in [2.75, 3.05) is 13.1 Å². The summed E-state index contributed by atoms with van der Waals surface area (Å²) in [5, 5.41) is 3.68. The van der Waals surface area contributed by atoms with E-state index in [9.17, 15) is 4.79 Å². The average Bonchev–Trinajstić information content (AvgIpc) is 2.43. The van der Waals surface area contributed by atoms with Crippen LogP contribution in [0.4, 0.5) is 0 Å². The van der Waals surface area contributed by atoms with Crippen molar-refractivity contribution in [3.05, 3.63) is 54.2 Å². The maximum absolute atomic E-state index is 12.0. The summed E-state index contributed by atoms with van der Waals surface area (Å²) in [6, 6.07) is 9.24. The molecule has 0 aliphatic rings. The highest BCUT2D eigenvalue weighted by Crippen LogP contribution is 2.15. The largest absolute Gasteiger partial charge is 0.349 e. The third-order valence-electron chi connectivity index (χ3n) is 2.57. The first kappa shape index (κ1) is 12.3. The molecule has 1 aromatic heterocycles. The third-order valence-corrected chi connectivity index (χ3v) is 2.57. The SMILES string of the molecule is NC/C=C/CNC(=O)c1cccc2ncccc12. The Morgan fingerprint density at radius 2 is 2.17 bits per heavy atom. The van der Waals surface area contributed by atoms with Crippen molar-refractivity contribution in [3.63, 3.8) is 0 Å². The van der Waals surface area contributed by atoms with Gasteiger partial charge in [0.25, 0.3) is 5.91 Å². The Bertz CT molecular complexity index is 573. The average molecular weight is 241 g/mol. The predicted molar refractivity (Wildman–Crippen MR) is 72.3 cm³/mol. The van der Waals surface area contributed by atoms with Crippen LogP contribution in [-0.2, 0) is 0 Å². The fraction of sp³-hybridized carbons (Fsp3) is 0.143. The number of fused-ring (bicyclic) bond motifs is 1. The van der Waals surface area contributed by atoms with Crippen molar-refractivity contribution < 1.29 is 4.79 Å². The van der Waals surface area contributed by atoms with Gasteiger partial charge in [0.1, 0.15) is 0 Å². The Morgan fingerprint density at radius 3 is 3.00 bits per heavy atom. The zero-order valence-electron chi connectivity index (χ0n) is 9.97. The first-order valence-electron chi connectivity index (χ1n) is 5.80. The van der Waals surface area contributed by atoms with E-state index in [1.54, 1.807) is 12.3 Å². The highest BCUT2D eigenvalue weighted by Gasteiger charge is 2.08. The summed E-state index contributed by atoms with van der Waals surface area (Å²) in [4.78, 5) is 16.2. The smallest absolute Gasteiger partial charge is 0.252 e. The first-order valence-corrected chi connectivity index (χ1v) is 5.80. The molecule has 0 atom stereocenters. The number of nitrogens with two attached hydrogens (primary N) is 1. The van der Waals surface area contributed by atoms with E-state index in [0.29, 0.717) is 18.7 Å². The minimum atomic E-state index is -0.102. The van der Waals surface area contributed by atoms with E-state index in [4.69, 9.17) is 5.73 Å². The van der Waals surface area contributed by atoms with Gasteiger partial charge in [0, 0.05) is 30.2 Å². The van der Waals surface area contributed by atoms with Gasteiger partial charge in [0.2, 0.25) is 0 Å². The summed E-state index contributed by atoms with van der Waals surface area (Å²) in [5.41, 5.74) is 6.79. The van der Waals surface area contributed by atoms with E-state index in [0.717, 1.165) is 10.9 Å². The molecule has 4 nitrogen and oxygen atoms in total. The maximum Gasteiger partial charge on any atom is 0.252 e. The van der Waals surface area contributed by atoms with Gasteiger partial charge in [-0.2, -0.15) is 0 Å². The Balaban J connectivity index is 2.20. The number of pyridine rings is 1. The fourth-order valence-corrected chi connectivity index (χ4v) is 1.73. The van der Waals surface area contributed by atoms with Crippen LogP contribution < -0.4 is 11.1 Å². The lowest BCUT2D eigenvalue weighted by molar-refractivity contribution is 0.0959. The van der Waals surface area contributed by atoms with Crippen molar-refractivity contribution in [2.45, 2.75) is 0 Å². The third kappa shape index (κ3) is 2.73. The lowest BCUT2D eigenvalue weighted by Gasteiger charge is -2.05. The molecule has 18 heavy (non-hydrogen) atoms. The van der Waals surface area contributed by atoms with Crippen LogP contribution in [-0.4, -0.2) is 24.0 Å². The quantitative estimate of drug-likeness (QED) is 0.797. The van der Waals surface area contributed by atoms with Gasteiger partial charge in [0.05, 0.1) is 5.52 Å². The van der Waals surface area contributed by atoms with Crippen molar-refractivity contribution in [1.29, 1.82) is 0 Å². The number of nitrogens with one attached hydrogen (secondary N) is 1. The van der Waals surface area contributed by atoms with Crippen LogP contribution in [0.2, 0.25) is 0 Å². The van der Waals surface area contributed by atoms with Crippen LogP contribution >= 0.6 is 0 Å². The molecule has 1 heterocycles. The normalized spacial score (nSPS) is 10.9. The highest BCUT2D eigenvalue weighted by molar-refractivity contribution is 6.06. The number of amides is 1. The van der Waals surface area contributed by atoms with Crippen molar-refractivity contribution in [2.24, 2.45) is 5.73 Å². The molecule has 2 rings (SSSR count). The second-order valence-electron chi connectivity index (χ2n) is 3.79. The molecule has 3 N–H and O–H groups in total. The van der Waals surface area contributed by atoms with Gasteiger partial charge in [-0.25, -0.2) is 0 Å². The van der Waals surface area contributed by atoms with Gasteiger partial charge >= 0.3 is 0 Å². The minimum absolute atomic E-state index is 0.102. The molecular formula is C14H15N3O.